The summed E-state index contributed by atoms with van der Waals surface area (Å²) in [7, 11) is 5.06. The summed E-state index contributed by atoms with van der Waals surface area (Å²) in [5.74, 6) is -1.07. The number of hydrogen-bond acceptors (Lipinski definition) is 7. The van der Waals surface area contributed by atoms with Crippen LogP contribution in [0.2, 0.25) is 5.02 Å². The van der Waals surface area contributed by atoms with E-state index in [1.807, 2.05) is 13.1 Å². The molecule has 210 valence electrons. The second-order valence-corrected chi connectivity index (χ2v) is 11.5. The van der Waals surface area contributed by atoms with Crippen molar-refractivity contribution in [3.05, 3.63) is 50.6 Å². The highest BCUT2D eigenvalue weighted by Crippen LogP contribution is 2.29. The van der Waals surface area contributed by atoms with E-state index in [1.165, 1.54) is 23.5 Å². The van der Waals surface area contributed by atoms with E-state index in [0.29, 0.717) is 35.0 Å². The van der Waals surface area contributed by atoms with Gasteiger partial charge >= 0.3 is 0 Å². The van der Waals surface area contributed by atoms with E-state index in [4.69, 9.17) is 16.4 Å². The minimum atomic E-state index is -0.457. The number of halogens is 2. The molecule has 3 atom stereocenters. The first-order valence-corrected chi connectivity index (χ1v) is 13.8. The molecule has 0 spiro atoms. The van der Waals surface area contributed by atoms with Crippen LogP contribution in [0.25, 0.3) is 10.9 Å². The molecule has 5 rings (SSSR count). The van der Waals surface area contributed by atoms with E-state index in [1.54, 1.807) is 25.2 Å². The molecule has 3 aromatic rings. The number of nitrogens with zero attached hydrogens (tertiary/aromatic N) is 3. The van der Waals surface area contributed by atoms with Crippen LogP contribution in [0.1, 0.15) is 50.1 Å². The fourth-order valence-corrected chi connectivity index (χ4v) is 6.47. The number of hydrogen-bond donors (Lipinski definition) is 3. The second-order valence-electron chi connectivity index (χ2n) is 9.98. The molecule has 2 aromatic heterocycles. The van der Waals surface area contributed by atoms with Crippen LogP contribution in [0.15, 0.2) is 24.3 Å². The average Bonchev–Trinajstić information content (AvgIpc) is 3.52. The lowest BCUT2D eigenvalue weighted by Gasteiger charge is -2.37. The number of amides is 3. The zero-order valence-corrected chi connectivity index (χ0v) is 24.3. The third kappa shape index (κ3) is 6.38. The summed E-state index contributed by atoms with van der Waals surface area (Å²) in [6, 6.07) is 6.32. The number of likely N-dealkylation sites (N-methyl/N-ethyl adjacent to an activating group) is 1. The predicted molar refractivity (Wildman–Crippen MR) is 152 cm³/mol. The van der Waals surface area contributed by atoms with Crippen LogP contribution in [0, 0.1) is 5.92 Å². The minimum absolute atomic E-state index is 0. The molecule has 3 amide bonds. The van der Waals surface area contributed by atoms with Gasteiger partial charge in [-0.25, -0.2) is 10.0 Å². The average molecular weight is 596 g/mol. The lowest BCUT2D eigenvalue weighted by Crippen LogP contribution is -2.56. The summed E-state index contributed by atoms with van der Waals surface area (Å²) in [6.07, 6.45) is 2.27. The molecular weight excluding hydrogens is 563 g/mol. The van der Waals surface area contributed by atoms with Crippen LogP contribution in [-0.2, 0) is 22.6 Å². The lowest BCUT2D eigenvalue weighted by atomic mass is 9.81. The Morgan fingerprint density at radius 3 is 2.72 bits per heavy atom. The molecule has 0 bridgehead atoms. The van der Waals surface area contributed by atoms with Gasteiger partial charge in [0, 0.05) is 59.3 Å². The number of carbonyl (C=O) groups excluding carboxylic acids is 3. The van der Waals surface area contributed by atoms with Gasteiger partial charge in [-0.2, -0.15) is 0 Å². The van der Waals surface area contributed by atoms with Crippen LogP contribution in [-0.4, -0.2) is 77.5 Å². The van der Waals surface area contributed by atoms with Gasteiger partial charge in [0.25, 0.3) is 11.8 Å². The van der Waals surface area contributed by atoms with Crippen LogP contribution in [0.4, 0.5) is 0 Å². The van der Waals surface area contributed by atoms with E-state index in [-0.39, 0.29) is 42.1 Å². The Balaban J connectivity index is 0.00000353. The quantitative estimate of drug-likeness (QED) is 0.376. The Kier molecular flexibility index (Phi) is 9.18. The van der Waals surface area contributed by atoms with Crippen molar-refractivity contribution in [3.8, 4) is 0 Å². The number of nitrogens with one attached hydrogen (secondary N) is 3. The zero-order chi connectivity index (χ0) is 27.0. The maximum atomic E-state index is 13.3. The molecule has 2 aliphatic rings. The minimum Gasteiger partial charge on any atom is -0.351 e. The molecule has 0 radical (unpaired) electrons. The Labute approximate surface area is 241 Å². The van der Waals surface area contributed by atoms with Gasteiger partial charge in [0.05, 0.1) is 18.8 Å². The highest BCUT2D eigenvalue weighted by Gasteiger charge is 2.37. The number of thiazole rings is 1. The van der Waals surface area contributed by atoms with Crippen LogP contribution in [0.3, 0.4) is 0 Å². The molecule has 1 fully saturated rings. The Morgan fingerprint density at radius 1 is 1.18 bits per heavy atom. The van der Waals surface area contributed by atoms with E-state index in [0.717, 1.165) is 41.0 Å². The molecule has 3 unspecified atom stereocenters. The molecule has 1 aliphatic heterocycles. The van der Waals surface area contributed by atoms with Crippen molar-refractivity contribution in [2.75, 3.05) is 27.7 Å². The number of rotatable bonds is 6. The van der Waals surface area contributed by atoms with Gasteiger partial charge in [-0.05, 0) is 50.6 Å². The molecular formula is C26H32Cl2N6O4S. The first-order valence-electron chi connectivity index (χ1n) is 12.6. The number of carbonyl (C=O) groups is 3. The molecule has 3 N–H and O–H groups in total. The molecule has 0 saturated heterocycles. The summed E-state index contributed by atoms with van der Waals surface area (Å²) < 4.78 is 0. The van der Waals surface area contributed by atoms with Crippen molar-refractivity contribution in [2.45, 2.75) is 44.3 Å². The molecule has 1 aromatic carbocycles. The summed E-state index contributed by atoms with van der Waals surface area (Å²) in [4.78, 5) is 55.5. The molecule has 39 heavy (non-hydrogen) atoms. The van der Waals surface area contributed by atoms with Crippen molar-refractivity contribution in [2.24, 2.45) is 5.92 Å². The third-order valence-electron chi connectivity index (χ3n) is 7.36. The molecule has 3 heterocycles. The third-order valence-corrected chi connectivity index (χ3v) is 8.68. The standard InChI is InChI=1S/C26H31ClN6O4S.ClH/c1-32-9-8-19-22(13-32)38-25(31-19)24(35)30-20-11-14(26(36)33(2)37-3)4-6-18(20)29-23(34)21-12-15-10-16(27)5-7-17(15)28-21;/h5,7,10,12,14,18,20,28H,4,6,8-9,11,13H2,1-3H3,(H,29,34)(H,30,35);1H. The van der Waals surface area contributed by atoms with Crippen molar-refractivity contribution in [1.82, 2.24) is 30.6 Å². The highest BCUT2D eigenvalue weighted by atomic mass is 35.5. The number of fused-ring (bicyclic) bond motifs is 2. The fourth-order valence-electron chi connectivity index (χ4n) is 5.20. The number of aromatic amines is 1. The zero-order valence-electron chi connectivity index (χ0n) is 22.0. The number of hydroxylamine groups is 2. The van der Waals surface area contributed by atoms with Gasteiger partial charge in [0.1, 0.15) is 5.69 Å². The topological polar surface area (TPSA) is 120 Å². The van der Waals surface area contributed by atoms with Gasteiger partial charge < -0.3 is 20.5 Å². The van der Waals surface area contributed by atoms with E-state index in [2.05, 4.69) is 25.5 Å². The molecule has 13 heteroatoms. The van der Waals surface area contributed by atoms with Gasteiger partial charge in [0.15, 0.2) is 5.01 Å². The van der Waals surface area contributed by atoms with Crippen LogP contribution >= 0.6 is 35.3 Å². The number of aromatic nitrogens is 2. The Morgan fingerprint density at radius 2 is 1.95 bits per heavy atom. The van der Waals surface area contributed by atoms with E-state index in [9.17, 15) is 14.4 Å². The Hall–Kier alpha value is -2.70. The van der Waals surface area contributed by atoms with Gasteiger partial charge in [0.2, 0.25) is 5.91 Å². The summed E-state index contributed by atoms with van der Waals surface area (Å²) >= 11 is 7.50. The summed E-state index contributed by atoms with van der Waals surface area (Å²) in [5.41, 5.74) is 2.18. The highest BCUT2D eigenvalue weighted by molar-refractivity contribution is 7.13. The summed E-state index contributed by atoms with van der Waals surface area (Å²) in [6.45, 7) is 1.68. The van der Waals surface area contributed by atoms with Crippen molar-refractivity contribution < 1.29 is 19.2 Å². The number of benzene rings is 1. The second kappa shape index (κ2) is 12.2. The van der Waals surface area contributed by atoms with E-state index >= 15 is 0 Å². The predicted octanol–water partition coefficient (Wildman–Crippen LogP) is 3.40. The normalized spacial score (nSPS) is 21.1. The van der Waals surface area contributed by atoms with Crippen LogP contribution < -0.4 is 10.6 Å². The lowest BCUT2D eigenvalue weighted by molar-refractivity contribution is -0.174. The summed E-state index contributed by atoms with van der Waals surface area (Å²) in [5, 5.41) is 9.20. The van der Waals surface area contributed by atoms with Gasteiger partial charge in [-0.3, -0.25) is 19.2 Å². The number of H-pyrrole nitrogens is 1. The SMILES string of the molecule is CON(C)C(=O)C1CCC(NC(=O)c2cc3cc(Cl)ccc3[nH]2)C(NC(=O)c2nc3c(s2)CN(C)CC3)C1.Cl. The first kappa shape index (κ1) is 29.3. The van der Waals surface area contributed by atoms with Gasteiger partial charge in [-0.1, -0.05) is 11.6 Å². The fraction of sp³-hybridized carbons (Fsp3) is 0.462. The maximum Gasteiger partial charge on any atom is 0.280 e. The Bertz CT molecular complexity index is 1380. The smallest absolute Gasteiger partial charge is 0.280 e. The van der Waals surface area contributed by atoms with Crippen molar-refractivity contribution in [1.29, 1.82) is 0 Å². The maximum absolute atomic E-state index is 13.3. The molecule has 1 aliphatic carbocycles. The molecule has 10 nitrogen and oxygen atoms in total. The monoisotopic (exact) mass is 594 g/mol. The van der Waals surface area contributed by atoms with E-state index < -0.39 is 6.04 Å². The van der Waals surface area contributed by atoms with Crippen molar-refractivity contribution in [3.63, 3.8) is 0 Å². The largest absolute Gasteiger partial charge is 0.351 e. The van der Waals surface area contributed by atoms with Crippen LogP contribution in [0.5, 0.6) is 0 Å². The molecule has 1 saturated carbocycles. The van der Waals surface area contributed by atoms with Crippen molar-refractivity contribution >= 4 is 64.0 Å². The first-order chi connectivity index (χ1) is 18.2. The van der Waals surface area contributed by atoms with Gasteiger partial charge in [-0.15, -0.1) is 23.7 Å².